The zero-order chi connectivity index (χ0) is 9.19. The van der Waals surface area contributed by atoms with E-state index in [4.69, 9.17) is 18.2 Å². The summed E-state index contributed by atoms with van der Waals surface area (Å²) in [5, 5.41) is 0.756. The van der Waals surface area contributed by atoms with Crippen molar-refractivity contribution in [2.75, 3.05) is 0 Å². The molecule has 0 amide bonds. The van der Waals surface area contributed by atoms with Crippen LogP contribution >= 0.6 is 11.6 Å². The van der Waals surface area contributed by atoms with E-state index in [1.54, 1.807) is 6.08 Å². The molecule has 0 fully saturated rings. The molecule has 0 atom stereocenters. The molecule has 12 heavy (non-hydrogen) atoms. The Morgan fingerprint density at radius 3 is 2.17 bits per heavy atom. The van der Waals surface area contributed by atoms with Crippen LogP contribution in [-0.2, 0) is 5.41 Å². The van der Waals surface area contributed by atoms with Gasteiger partial charge in [-0.1, -0.05) is 50.2 Å². The first-order chi connectivity index (χ1) is 5.56. The molecule has 0 aromatic heterocycles. The summed E-state index contributed by atoms with van der Waals surface area (Å²) in [5.41, 5.74) is 1.10. The maximum absolute atomic E-state index is 5.76. The van der Waals surface area contributed by atoms with E-state index in [0.717, 1.165) is 5.02 Å². The van der Waals surface area contributed by atoms with E-state index in [0.29, 0.717) is 0 Å². The summed E-state index contributed by atoms with van der Waals surface area (Å²) < 4.78 is 0. The topological polar surface area (TPSA) is 0 Å². The highest BCUT2D eigenvalue weighted by atomic mass is 35.5. The Balaban J connectivity index is 3.04. The summed E-state index contributed by atoms with van der Waals surface area (Å²) >= 11 is 5.76. The first-order valence-electron chi connectivity index (χ1n) is 3.88. The van der Waals surface area contributed by atoms with E-state index in [9.17, 15) is 0 Å². The molecule has 0 aliphatic heterocycles. The molecule has 0 aliphatic carbocycles. The number of rotatable bonds is 2. The van der Waals surface area contributed by atoms with Gasteiger partial charge in [0, 0.05) is 10.4 Å². The Morgan fingerprint density at radius 1 is 1.25 bits per heavy atom. The Labute approximate surface area is 78.9 Å². The highest BCUT2D eigenvalue weighted by Gasteiger charge is 2.14. The van der Waals surface area contributed by atoms with Gasteiger partial charge >= 0.3 is 0 Å². The van der Waals surface area contributed by atoms with Gasteiger partial charge in [-0.2, -0.15) is 0 Å². The Morgan fingerprint density at radius 2 is 1.75 bits per heavy atom. The van der Waals surface area contributed by atoms with Crippen LogP contribution in [0, 0.1) is 6.58 Å². The fourth-order valence-corrected chi connectivity index (χ4v) is 1.10. The molecular weight excluding hydrogens is 168 g/mol. The maximum atomic E-state index is 5.76. The molecule has 0 bridgehead atoms. The van der Waals surface area contributed by atoms with E-state index in [-0.39, 0.29) is 5.41 Å². The van der Waals surface area contributed by atoms with Crippen LogP contribution < -0.4 is 0 Å². The Hall–Kier alpha value is -0.750. The summed E-state index contributed by atoms with van der Waals surface area (Å²) in [6.45, 7) is 9.65. The van der Waals surface area contributed by atoms with Crippen LogP contribution in [0.1, 0.15) is 19.4 Å². The molecule has 0 saturated heterocycles. The lowest BCUT2D eigenvalue weighted by Crippen LogP contribution is -2.12. The van der Waals surface area contributed by atoms with E-state index >= 15 is 0 Å². The molecule has 1 aromatic carbocycles. The average Bonchev–Trinajstić information content (AvgIpc) is 2.05. The number of benzene rings is 1. The number of allylic oxidation sites excluding steroid dienone is 1. The highest BCUT2D eigenvalue weighted by Crippen LogP contribution is 2.24. The van der Waals surface area contributed by atoms with Crippen LogP contribution in [0.5, 0.6) is 0 Å². The second kappa shape index (κ2) is 3.32. The molecule has 0 aliphatic rings. The minimum Gasteiger partial charge on any atom is -0.0843 e. The van der Waals surface area contributed by atoms with Crippen molar-refractivity contribution in [3.8, 4) is 0 Å². The lowest BCUT2D eigenvalue weighted by molar-refractivity contribution is 0.670. The van der Waals surface area contributed by atoms with Gasteiger partial charge in [0.05, 0.1) is 0 Å². The predicted octanol–water partition coefficient (Wildman–Crippen LogP) is 3.61. The third-order valence-corrected chi connectivity index (χ3v) is 2.26. The van der Waals surface area contributed by atoms with Crippen LogP contribution in [0.4, 0.5) is 0 Å². The van der Waals surface area contributed by atoms with Gasteiger partial charge in [0.1, 0.15) is 0 Å². The van der Waals surface area contributed by atoms with E-state index in [1.807, 2.05) is 24.3 Å². The van der Waals surface area contributed by atoms with Gasteiger partial charge in [0.2, 0.25) is 0 Å². The standard InChI is InChI=1S/C11H12Cl/c1-4-11(2,3)9-5-7-10(12)8-6-9/h1,4-8H,2-3H3. The largest absolute Gasteiger partial charge is 0.0843 e. The van der Waals surface area contributed by atoms with Gasteiger partial charge < -0.3 is 0 Å². The van der Waals surface area contributed by atoms with Crippen molar-refractivity contribution < 1.29 is 0 Å². The average molecular weight is 180 g/mol. The van der Waals surface area contributed by atoms with Crippen LogP contribution in [0.2, 0.25) is 5.02 Å². The molecule has 1 aromatic rings. The molecule has 0 nitrogen and oxygen atoms in total. The number of halogens is 1. The second-order valence-electron chi connectivity index (χ2n) is 3.40. The molecular formula is C11H12Cl. The number of hydrogen-bond acceptors (Lipinski definition) is 0. The second-order valence-corrected chi connectivity index (χ2v) is 3.83. The fourth-order valence-electron chi connectivity index (χ4n) is 0.976. The van der Waals surface area contributed by atoms with E-state index in [2.05, 4.69) is 13.8 Å². The zero-order valence-electron chi connectivity index (χ0n) is 7.34. The lowest BCUT2D eigenvalue weighted by Gasteiger charge is -2.19. The third-order valence-electron chi connectivity index (χ3n) is 2.00. The molecule has 0 saturated carbocycles. The fraction of sp³-hybridized carbons (Fsp3) is 0.273. The monoisotopic (exact) mass is 179 g/mol. The molecule has 1 heteroatoms. The Bertz CT molecular complexity index is 270. The van der Waals surface area contributed by atoms with Gasteiger partial charge in [-0.15, -0.1) is 0 Å². The van der Waals surface area contributed by atoms with Crippen LogP contribution in [0.3, 0.4) is 0 Å². The molecule has 63 valence electrons. The van der Waals surface area contributed by atoms with Crippen molar-refractivity contribution in [3.63, 3.8) is 0 Å². The first-order valence-corrected chi connectivity index (χ1v) is 4.26. The van der Waals surface area contributed by atoms with Crippen LogP contribution in [-0.4, -0.2) is 0 Å². The minimum atomic E-state index is -0.0788. The zero-order valence-corrected chi connectivity index (χ0v) is 8.10. The number of hydrogen-bond donors (Lipinski definition) is 0. The molecule has 0 unspecified atom stereocenters. The normalized spacial score (nSPS) is 11.2. The predicted molar refractivity (Wildman–Crippen MR) is 53.3 cm³/mol. The molecule has 1 rings (SSSR count). The van der Waals surface area contributed by atoms with Crippen molar-refractivity contribution in [2.24, 2.45) is 0 Å². The molecule has 0 heterocycles. The highest BCUT2D eigenvalue weighted by molar-refractivity contribution is 6.30. The van der Waals surface area contributed by atoms with Crippen LogP contribution in [0.15, 0.2) is 30.3 Å². The van der Waals surface area contributed by atoms with Gasteiger partial charge in [-0.25, -0.2) is 0 Å². The minimum absolute atomic E-state index is 0.0788. The van der Waals surface area contributed by atoms with E-state index < -0.39 is 0 Å². The van der Waals surface area contributed by atoms with Crippen molar-refractivity contribution in [1.82, 2.24) is 0 Å². The lowest BCUT2D eigenvalue weighted by atomic mass is 9.85. The van der Waals surface area contributed by atoms with Gasteiger partial charge in [-0.3, -0.25) is 0 Å². The van der Waals surface area contributed by atoms with Gasteiger partial charge in [-0.05, 0) is 17.7 Å². The molecule has 1 radical (unpaired) electrons. The Kier molecular flexibility index (Phi) is 2.58. The van der Waals surface area contributed by atoms with Crippen molar-refractivity contribution in [3.05, 3.63) is 47.5 Å². The van der Waals surface area contributed by atoms with Gasteiger partial charge in [0.25, 0.3) is 0 Å². The summed E-state index contributed by atoms with van der Waals surface area (Å²) in [6.07, 6.45) is 1.69. The van der Waals surface area contributed by atoms with Crippen LogP contribution in [0.25, 0.3) is 0 Å². The quantitative estimate of drug-likeness (QED) is 0.651. The summed E-state index contributed by atoms with van der Waals surface area (Å²) in [7, 11) is 0. The van der Waals surface area contributed by atoms with Crippen molar-refractivity contribution >= 4 is 11.6 Å². The molecule has 0 spiro atoms. The SMILES string of the molecule is [CH]=CC(C)(C)c1ccc(Cl)cc1. The summed E-state index contributed by atoms with van der Waals surface area (Å²) in [5.74, 6) is 0. The van der Waals surface area contributed by atoms with Gasteiger partial charge in [0.15, 0.2) is 0 Å². The summed E-state index contributed by atoms with van der Waals surface area (Å²) in [6, 6.07) is 7.74. The van der Waals surface area contributed by atoms with Crippen molar-refractivity contribution in [2.45, 2.75) is 19.3 Å². The maximum Gasteiger partial charge on any atom is 0.0406 e. The summed E-state index contributed by atoms with van der Waals surface area (Å²) in [4.78, 5) is 0. The first kappa shape index (κ1) is 9.34. The van der Waals surface area contributed by atoms with E-state index in [1.165, 1.54) is 5.56 Å². The van der Waals surface area contributed by atoms with Crippen molar-refractivity contribution in [1.29, 1.82) is 0 Å². The third kappa shape index (κ3) is 1.89. The molecule has 0 N–H and O–H groups in total. The smallest absolute Gasteiger partial charge is 0.0406 e.